The molecule has 3 rings (SSSR count). The largest absolute Gasteiger partial charge is 0.453 e. The maximum absolute atomic E-state index is 14.1. The topological polar surface area (TPSA) is 70.5 Å². The van der Waals surface area contributed by atoms with Crippen molar-refractivity contribution in [2.24, 2.45) is 0 Å². The van der Waals surface area contributed by atoms with E-state index in [1.54, 1.807) is 0 Å². The number of anilines is 2. The molecule has 3 aromatic rings. The highest BCUT2D eigenvalue weighted by Crippen LogP contribution is 2.48. The predicted molar refractivity (Wildman–Crippen MR) is 98.1 cm³/mol. The zero-order chi connectivity index (χ0) is 25.6. The van der Waals surface area contributed by atoms with E-state index in [9.17, 15) is 43.9 Å². The van der Waals surface area contributed by atoms with Crippen LogP contribution < -0.4 is 20.9 Å². The fraction of sp³-hybridized carbons (Fsp3) is 0.100. The van der Waals surface area contributed by atoms with Gasteiger partial charge in [-0.3, -0.25) is 0 Å². The number of ether oxygens (including phenoxy) is 2. The zero-order valence-corrected chi connectivity index (χ0v) is 16.2. The first-order chi connectivity index (χ1) is 15.6. The number of nitrogens with two attached hydrogens (primary N) is 2. The maximum Gasteiger partial charge on any atom is 0.420 e. The van der Waals surface area contributed by atoms with E-state index in [2.05, 4.69) is 0 Å². The third kappa shape index (κ3) is 5.05. The summed E-state index contributed by atoms with van der Waals surface area (Å²) in [5, 5.41) is 0. The lowest BCUT2D eigenvalue weighted by Crippen LogP contribution is -2.14. The molecule has 4 N–H and O–H groups in total. The first-order valence-electron chi connectivity index (χ1n) is 8.75. The number of hydrogen-bond acceptors (Lipinski definition) is 4. The maximum atomic E-state index is 14.1. The van der Waals surface area contributed by atoms with Crippen molar-refractivity contribution in [2.45, 2.75) is 12.4 Å². The fourth-order valence-corrected chi connectivity index (χ4v) is 2.73. The van der Waals surface area contributed by atoms with Crippen molar-refractivity contribution in [3.05, 3.63) is 70.8 Å². The Labute approximate surface area is 183 Å². The summed E-state index contributed by atoms with van der Waals surface area (Å²) < 4.78 is 146. The third-order valence-corrected chi connectivity index (χ3v) is 4.20. The SMILES string of the molecule is Nc1cc(F)cc(Oc2cc(Oc3cc(F)cc(N)c3F)c(C(F)(F)F)cc2C(F)(F)F)c1F. The molecule has 0 unspecified atom stereocenters. The fourth-order valence-electron chi connectivity index (χ4n) is 2.73. The highest BCUT2D eigenvalue weighted by Gasteiger charge is 2.42. The van der Waals surface area contributed by atoms with Crippen LogP contribution in [0.15, 0.2) is 36.4 Å². The van der Waals surface area contributed by atoms with Crippen molar-refractivity contribution < 1.29 is 53.4 Å². The monoisotopic (exact) mass is 500 g/mol. The van der Waals surface area contributed by atoms with E-state index in [4.69, 9.17) is 20.9 Å². The van der Waals surface area contributed by atoms with Crippen molar-refractivity contribution in [1.82, 2.24) is 0 Å². The first-order valence-corrected chi connectivity index (χ1v) is 8.75. The normalized spacial score (nSPS) is 12.1. The average Bonchev–Trinajstić information content (AvgIpc) is 2.67. The predicted octanol–water partition coefficient (Wildman–Crippen LogP) is 7.03. The summed E-state index contributed by atoms with van der Waals surface area (Å²) in [4.78, 5) is 0. The highest BCUT2D eigenvalue weighted by molar-refractivity contribution is 5.55. The van der Waals surface area contributed by atoms with Gasteiger partial charge < -0.3 is 20.9 Å². The van der Waals surface area contributed by atoms with Gasteiger partial charge in [-0.05, 0) is 6.07 Å². The van der Waals surface area contributed by atoms with Crippen molar-refractivity contribution in [2.75, 3.05) is 11.5 Å². The van der Waals surface area contributed by atoms with Crippen LogP contribution in [-0.2, 0) is 12.4 Å². The van der Waals surface area contributed by atoms with Gasteiger partial charge in [0.05, 0.1) is 22.5 Å². The van der Waals surface area contributed by atoms with Crippen LogP contribution in [0.1, 0.15) is 11.1 Å². The van der Waals surface area contributed by atoms with Crippen LogP contribution >= 0.6 is 0 Å². The second kappa shape index (κ2) is 8.50. The number of rotatable bonds is 4. The van der Waals surface area contributed by atoms with E-state index in [0.717, 1.165) is 0 Å². The highest BCUT2D eigenvalue weighted by atomic mass is 19.4. The van der Waals surface area contributed by atoms with Gasteiger partial charge in [0.2, 0.25) is 0 Å². The number of benzene rings is 3. The quantitative estimate of drug-likeness (QED) is 0.298. The molecular weight excluding hydrogens is 490 g/mol. The Kier molecular flexibility index (Phi) is 6.20. The summed E-state index contributed by atoms with van der Waals surface area (Å²) in [6.45, 7) is 0. The molecule has 0 saturated heterocycles. The minimum atomic E-state index is -5.49. The van der Waals surface area contributed by atoms with Gasteiger partial charge >= 0.3 is 12.4 Å². The van der Waals surface area contributed by atoms with E-state index in [0.29, 0.717) is 12.1 Å². The average molecular weight is 500 g/mol. The van der Waals surface area contributed by atoms with Crippen LogP contribution in [0.4, 0.5) is 55.3 Å². The van der Waals surface area contributed by atoms with E-state index in [-0.39, 0.29) is 18.2 Å². The minimum absolute atomic E-state index is 0.00666. The Hall–Kier alpha value is -3.84. The Morgan fingerprint density at radius 3 is 1.18 bits per heavy atom. The van der Waals surface area contributed by atoms with Crippen LogP contribution in [0.3, 0.4) is 0 Å². The summed E-state index contributed by atoms with van der Waals surface area (Å²) in [5.41, 5.74) is 4.49. The molecule has 0 radical (unpaired) electrons. The van der Waals surface area contributed by atoms with E-state index in [1.165, 1.54) is 0 Å². The molecule has 0 amide bonds. The molecular formula is C20H10F10N2O2. The number of halogens is 10. The number of hydrogen-bond donors (Lipinski definition) is 2. The summed E-state index contributed by atoms with van der Waals surface area (Å²) in [5.74, 6) is -10.9. The standard InChI is InChI=1S/C20H10F10N2O2/c21-7-1-11(31)17(23)15(3-7)33-13-6-14(34-16-4-8(22)2-12(32)18(16)24)10(20(28,29)30)5-9(13)19(25,26)27/h1-6H,31-32H2. The van der Waals surface area contributed by atoms with Crippen LogP contribution in [0, 0.1) is 23.3 Å². The van der Waals surface area contributed by atoms with Crippen LogP contribution in [-0.4, -0.2) is 0 Å². The lowest BCUT2D eigenvalue weighted by molar-refractivity contribution is -0.144. The van der Waals surface area contributed by atoms with Gasteiger partial charge in [-0.2, -0.15) is 26.3 Å². The summed E-state index contributed by atoms with van der Waals surface area (Å²) >= 11 is 0. The molecule has 0 aromatic heterocycles. The van der Waals surface area contributed by atoms with Gasteiger partial charge in [0.15, 0.2) is 23.1 Å². The van der Waals surface area contributed by atoms with E-state index in [1.807, 2.05) is 0 Å². The second-order valence-corrected chi connectivity index (χ2v) is 6.66. The van der Waals surface area contributed by atoms with Gasteiger partial charge in [-0.15, -0.1) is 0 Å². The van der Waals surface area contributed by atoms with E-state index >= 15 is 0 Å². The lowest BCUT2D eigenvalue weighted by atomic mass is 10.1. The van der Waals surface area contributed by atoms with E-state index < -0.39 is 87.2 Å². The molecule has 4 nitrogen and oxygen atoms in total. The molecule has 14 heteroatoms. The third-order valence-electron chi connectivity index (χ3n) is 4.20. The molecule has 0 atom stereocenters. The molecule has 0 bridgehead atoms. The zero-order valence-electron chi connectivity index (χ0n) is 16.2. The molecule has 0 spiro atoms. The number of alkyl halides is 6. The van der Waals surface area contributed by atoms with Gasteiger partial charge in [-0.25, -0.2) is 17.6 Å². The summed E-state index contributed by atoms with van der Waals surface area (Å²) in [7, 11) is 0. The smallest absolute Gasteiger partial charge is 0.420 e. The minimum Gasteiger partial charge on any atom is -0.453 e. The molecule has 0 aliphatic rings. The van der Waals surface area contributed by atoms with Crippen molar-refractivity contribution in [1.29, 1.82) is 0 Å². The van der Waals surface area contributed by atoms with Crippen molar-refractivity contribution in [3.8, 4) is 23.0 Å². The molecule has 0 heterocycles. The molecule has 3 aromatic carbocycles. The first kappa shape index (κ1) is 24.8. The summed E-state index contributed by atoms with van der Waals surface area (Å²) in [6.07, 6.45) is -11.0. The number of nitrogen functional groups attached to an aromatic ring is 2. The van der Waals surface area contributed by atoms with Crippen molar-refractivity contribution >= 4 is 11.4 Å². The lowest BCUT2D eigenvalue weighted by Gasteiger charge is -2.20. The molecule has 182 valence electrons. The van der Waals surface area contributed by atoms with Gasteiger partial charge in [-0.1, -0.05) is 0 Å². The Morgan fingerprint density at radius 1 is 0.500 bits per heavy atom. The Balaban J connectivity index is 2.25. The molecule has 0 aliphatic carbocycles. The van der Waals surface area contributed by atoms with Gasteiger partial charge in [0, 0.05) is 30.3 Å². The second-order valence-electron chi connectivity index (χ2n) is 6.66. The van der Waals surface area contributed by atoms with Gasteiger partial charge in [0.1, 0.15) is 23.1 Å². The van der Waals surface area contributed by atoms with Crippen LogP contribution in [0.2, 0.25) is 0 Å². The van der Waals surface area contributed by atoms with Gasteiger partial charge in [0.25, 0.3) is 0 Å². The molecule has 0 aliphatic heterocycles. The Morgan fingerprint density at radius 2 is 0.853 bits per heavy atom. The van der Waals surface area contributed by atoms with Crippen molar-refractivity contribution in [3.63, 3.8) is 0 Å². The summed E-state index contributed by atoms with van der Waals surface area (Å²) in [6, 6.07) is 1.09. The molecule has 0 fully saturated rings. The molecule has 0 saturated carbocycles. The van der Waals surface area contributed by atoms with Crippen LogP contribution in [0.5, 0.6) is 23.0 Å². The van der Waals surface area contributed by atoms with Crippen LogP contribution in [0.25, 0.3) is 0 Å². The molecule has 34 heavy (non-hydrogen) atoms. The Bertz CT molecular complexity index is 1160.